The van der Waals surface area contributed by atoms with Crippen molar-refractivity contribution in [3.05, 3.63) is 12.7 Å². The summed E-state index contributed by atoms with van der Waals surface area (Å²) in [7, 11) is 1.71. The van der Waals surface area contributed by atoms with Crippen molar-refractivity contribution in [2.45, 2.75) is 19.4 Å². The molecule has 1 amide bonds. The zero-order valence-electron chi connectivity index (χ0n) is 8.79. The summed E-state index contributed by atoms with van der Waals surface area (Å²) >= 11 is 0. The summed E-state index contributed by atoms with van der Waals surface area (Å²) in [6.45, 7) is 6.30. The average molecular weight is 195 g/mol. The molecule has 1 N–H and O–H groups in total. The van der Waals surface area contributed by atoms with Gasteiger partial charge in [-0.2, -0.15) is 5.26 Å². The van der Waals surface area contributed by atoms with E-state index < -0.39 is 0 Å². The van der Waals surface area contributed by atoms with Crippen LogP contribution in [0.3, 0.4) is 0 Å². The van der Waals surface area contributed by atoms with E-state index in [1.807, 2.05) is 13.0 Å². The fourth-order valence-corrected chi connectivity index (χ4v) is 0.921. The molecule has 4 heteroatoms. The lowest BCUT2D eigenvalue weighted by Crippen LogP contribution is -2.40. The van der Waals surface area contributed by atoms with Crippen LogP contribution in [-0.4, -0.2) is 37.0 Å². The smallest absolute Gasteiger partial charge is 0.236 e. The molecule has 0 spiro atoms. The number of hydrogen-bond donors (Lipinski definition) is 1. The molecule has 0 aromatic heterocycles. The number of nitrogens with one attached hydrogen (secondary N) is 1. The summed E-state index contributed by atoms with van der Waals surface area (Å²) in [6, 6.07) is 2.01. The van der Waals surface area contributed by atoms with Gasteiger partial charge in [-0.05, 0) is 6.92 Å². The summed E-state index contributed by atoms with van der Waals surface area (Å²) in [5, 5.41) is 11.4. The fraction of sp³-hybridized carbons (Fsp3) is 0.600. The van der Waals surface area contributed by atoms with Crippen LogP contribution < -0.4 is 5.32 Å². The van der Waals surface area contributed by atoms with Gasteiger partial charge in [-0.3, -0.25) is 4.79 Å². The minimum absolute atomic E-state index is 0.00500. The quantitative estimate of drug-likeness (QED) is 0.496. The van der Waals surface area contributed by atoms with Gasteiger partial charge in [-0.15, -0.1) is 6.58 Å². The van der Waals surface area contributed by atoms with Crippen LogP contribution in [-0.2, 0) is 4.79 Å². The maximum Gasteiger partial charge on any atom is 0.236 e. The zero-order valence-corrected chi connectivity index (χ0v) is 8.79. The Labute approximate surface area is 85.2 Å². The van der Waals surface area contributed by atoms with E-state index in [0.29, 0.717) is 13.0 Å². The van der Waals surface area contributed by atoms with Crippen molar-refractivity contribution in [3.8, 4) is 6.07 Å². The second kappa shape index (κ2) is 7.10. The molecule has 78 valence electrons. The molecule has 4 nitrogen and oxygen atoms in total. The molecule has 0 bridgehead atoms. The molecule has 0 rings (SSSR count). The summed E-state index contributed by atoms with van der Waals surface area (Å²) in [4.78, 5) is 13.0. The van der Waals surface area contributed by atoms with E-state index in [1.54, 1.807) is 18.0 Å². The SMILES string of the molecule is C=CCNCC(=O)N(C)C(C)CC#N. The molecule has 1 unspecified atom stereocenters. The summed E-state index contributed by atoms with van der Waals surface area (Å²) in [5.41, 5.74) is 0. The Morgan fingerprint density at radius 3 is 2.93 bits per heavy atom. The minimum Gasteiger partial charge on any atom is -0.341 e. The van der Waals surface area contributed by atoms with Crippen LogP contribution in [0.15, 0.2) is 12.7 Å². The Morgan fingerprint density at radius 2 is 2.43 bits per heavy atom. The maximum atomic E-state index is 11.5. The van der Waals surface area contributed by atoms with Gasteiger partial charge in [0.05, 0.1) is 19.0 Å². The van der Waals surface area contributed by atoms with Crippen LogP contribution in [0.4, 0.5) is 0 Å². The molecule has 0 saturated heterocycles. The third-order valence-electron chi connectivity index (χ3n) is 2.01. The van der Waals surface area contributed by atoms with Gasteiger partial charge in [-0.1, -0.05) is 6.08 Å². The molecule has 0 aromatic rings. The van der Waals surface area contributed by atoms with Gasteiger partial charge in [-0.25, -0.2) is 0 Å². The first-order valence-electron chi connectivity index (χ1n) is 4.57. The van der Waals surface area contributed by atoms with Gasteiger partial charge in [0.2, 0.25) is 5.91 Å². The van der Waals surface area contributed by atoms with Gasteiger partial charge in [0.15, 0.2) is 0 Å². The number of amides is 1. The molecule has 1 atom stereocenters. The molecule has 0 fully saturated rings. The van der Waals surface area contributed by atoms with Crippen molar-refractivity contribution in [2.24, 2.45) is 0 Å². The predicted molar refractivity (Wildman–Crippen MR) is 55.5 cm³/mol. The highest BCUT2D eigenvalue weighted by Gasteiger charge is 2.14. The molecule has 0 aromatic carbocycles. The monoisotopic (exact) mass is 195 g/mol. The number of carbonyl (C=O) groups is 1. The van der Waals surface area contributed by atoms with Crippen molar-refractivity contribution in [2.75, 3.05) is 20.1 Å². The Balaban J connectivity index is 3.86. The largest absolute Gasteiger partial charge is 0.341 e. The number of nitrogens with zero attached hydrogens (tertiary/aromatic N) is 2. The Hall–Kier alpha value is -1.34. The molecule has 0 saturated carbocycles. The van der Waals surface area contributed by atoms with Crippen molar-refractivity contribution < 1.29 is 4.79 Å². The molecular weight excluding hydrogens is 178 g/mol. The van der Waals surface area contributed by atoms with Gasteiger partial charge in [0.1, 0.15) is 0 Å². The Kier molecular flexibility index (Phi) is 6.42. The van der Waals surface area contributed by atoms with E-state index in [1.165, 1.54) is 0 Å². The number of carbonyl (C=O) groups excluding carboxylic acids is 1. The third kappa shape index (κ3) is 4.63. The molecule has 0 aliphatic heterocycles. The van der Waals surface area contributed by atoms with E-state index >= 15 is 0 Å². The van der Waals surface area contributed by atoms with Crippen LogP contribution in [0.25, 0.3) is 0 Å². The second-order valence-corrected chi connectivity index (χ2v) is 3.14. The topological polar surface area (TPSA) is 56.1 Å². The third-order valence-corrected chi connectivity index (χ3v) is 2.01. The van der Waals surface area contributed by atoms with Crippen molar-refractivity contribution in [3.63, 3.8) is 0 Å². The van der Waals surface area contributed by atoms with Crippen LogP contribution in [0, 0.1) is 11.3 Å². The van der Waals surface area contributed by atoms with Gasteiger partial charge >= 0.3 is 0 Å². The van der Waals surface area contributed by atoms with Gasteiger partial charge in [0, 0.05) is 19.6 Å². The number of nitriles is 1. The highest BCUT2D eigenvalue weighted by molar-refractivity contribution is 5.78. The van der Waals surface area contributed by atoms with Crippen LogP contribution >= 0.6 is 0 Å². The van der Waals surface area contributed by atoms with Crippen LogP contribution in [0.1, 0.15) is 13.3 Å². The zero-order chi connectivity index (χ0) is 11.0. The lowest BCUT2D eigenvalue weighted by atomic mass is 10.2. The van der Waals surface area contributed by atoms with E-state index in [0.717, 1.165) is 0 Å². The molecule has 0 aliphatic carbocycles. The van der Waals surface area contributed by atoms with Crippen molar-refractivity contribution >= 4 is 5.91 Å². The van der Waals surface area contributed by atoms with E-state index in [4.69, 9.17) is 5.26 Å². The second-order valence-electron chi connectivity index (χ2n) is 3.14. The molecule has 0 aliphatic rings. The van der Waals surface area contributed by atoms with Crippen LogP contribution in [0.5, 0.6) is 0 Å². The van der Waals surface area contributed by atoms with Crippen molar-refractivity contribution in [1.29, 1.82) is 5.26 Å². The van der Waals surface area contributed by atoms with Gasteiger partial charge < -0.3 is 10.2 Å². The summed E-state index contributed by atoms with van der Waals surface area (Å²) in [6.07, 6.45) is 2.07. The Bertz CT molecular complexity index is 232. The Morgan fingerprint density at radius 1 is 1.79 bits per heavy atom. The number of likely N-dealkylation sites (N-methyl/N-ethyl adjacent to an activating group) is 1. The highest BCUT2D eigenvalue weighted by atomic mass is 16.2. The van der Waals surface area contributed by atoms with E-state index in [2.05, 4.69) is 11.9 Å². The molecule has 0 radical (unpaired) electrons. The van der Waals surface area contributed by atoms with Crippen LogP contribution in [0.2, 0.25) is 0 Å². The standard InChI is InChI=1S/C10H17N3O/c1-4-7-12-8-10(14)13(3)9(2)5-6-11/h4,9,12H,1,5,7-8H2,2-3H3. The normalized spacial score (nSPS) is 11.5. The summed E-state index contributed by atoms with van der Waals surface area (Å²) < 4.78 is 0. The first kappa shape index (κ1) is 12.7. The number of hydrogen-bond acceptors (Lipinski definition) is 3. The average Bonchev–Trinajstić information content (AvgIpc) is 2.17. The predicted octanol–water partition coefficient (Wildman–Crippen LogP) is 0.523. The maximum absolute atomic E-state index is 11.5. The fourth-order valence-electron chi connectivity index (χ4n) is 0.921. The number of rotatable bonds is 6. The lowest BCUT2D eigenvalue weighted by molar-refractivity contribution is -0.130. The lowest BCUT2D eigenvalue weighted by Gasteiger charge is -2.22. The molecule has 14 heavy (non-hydrogen) atoms. The van der Waals surface area contributed by atoms with E-state index in [-0.39, 0.29) is 18.5 Å². The van der Waals surface area contributed by atoms with Crippen molar-refractivity contribution in [1.82, 2.24) is 10.2 Å². The van der Waals surface area contributed by atoms with E-state index in [9.17, 15) is 4.79 Å². The first-order chi connectivity index (χ1) is 6.63. The molecular formula is C10H17N3O. The molecule has 0 heterocycles. The van der Waals surface area contributed by atoms with Gasteiger partial charge in [0.25, 0.3) is 0 Å². The highest BCUT2D eigenvalue weighted by Crippen LogP contribution is 1.99. The summed E-state index contributed by atoms with van der Waals surface area (Å²) in [5.74, 6) is -0.00500. The first-order valence-corrected chi connectivity index (χ1v) is 4.57. The minimum atomic E-state index is -0.0296.